The Bertz CT molecular complexity index is 455. The Hall–Kier alpha value is -0.120. The van der Waals surface area contributed by atoms with Crippen LogP contribution in [0, 0.1) is 11.3 Å². The van der Waals surface area contributed by atoms with E-state index in [-0.39, 0.29) is 29.4 Å². The number of hydrogen-bond acceptors (Lipinski definition) is 4. The van der Waals surface area contributed by atoms with Crippen LogP contribution in [0.3, 0.4) is 0 Å². The first-order valence-corrected chi connectivity index (χ1v) is 9.98. The van der Waals surface area contributed by atoms with Crippen LogP contribution in [-0.2, 0) is 14.2 Å². The van der Waals surface area contributed by atoms with E-state index >= 15 is 0 Å². The van der Waals surface area contributed by atoms with E-state index in [1.54, 1.807) is 0 Å². The zero-order valence-electron chi connectivity index (χ0n) is 16.5. The zero-order chi connectivity index (χ0) is 17.7. The third kappa shape index (κ3) is 5.23. The second-order valence-corrected chi connectivity index (χ2v) is 8.01. The van der Waals surface area contributed by atoms with Crippen LogP contribution in [0.4, 0.5) is 0 Å². The zero-order valence-corrected chi connectivity index (χ0v) is 18.8. The predicted octanol–water partition coefficient (Wildman–Crippen LogP) is 2.56. The van der Waals surface area contributed by atoms with Gasteiger partial charge in [0.15, 0.2) is 5.96 Å². The average molecular weight is 481 g/mol. The summed E-state index contributed by atoms with van der Waals surface area (Å²) in [6, 6.07) is 0.438. The van der Waals surface area contributed by atoms with E-state index in [0.29, 0.717) is 24.2 Å². The van der Waals surface area contributed by atoms with Gasteiger partial charge in [0.05, 0.1) is 18.8 Å². The summed E-state index contributed by atoms with van der Waals surface area (Å²) in [4.78, 5) is 4.73. The number of guanidine groups is 1. The molecule has 0 spiro atoms. The van der Waals surface area contributed by atoms with Crippen molar-refractivity contribution in [2.24, 2.45) is 16.3 Å². The molecule has 3 rings (SSSR count). The minimum absolute atomic E-state index is 0. The van der Waals surface area contributed by atoms with Gasteiger partial charge in [0.2, 0.25) is 0 Å². The molecule has 152 valence electrons. The van der Waals surface area contributed by atoms with Crippen molar-refractivity contribution in [3.63, 3.8) is 0 Å². The van der Waals surface area contributed by atoms with E-state index in [1.807, 2.05) is 0 Å². The fourth-order valence-corrected chi connectivity index (χ4v) is 4.43. The van der Waals surface area contributed by atoms with E-state index in [4.69, 9.17) is 19.2 Å². The summed E-state index contributed by atoms with van der Waals surface area (Å²) in [5.41, 5.74) is 0.168. The van der Waals surface area contributed by atoms with Crippen LogP contribution < -0.4 is 10.6 Å². The summed E-state index contributed by atoms with van der Waals surface area (Å²) in [5, 5.41) is 7.02. The molecule has 2 N–H and O–H groups in total. The molecule has 0 radical (unpaired) electrons. The third-order valence-electron chi connectivity index (χ3n) is 5.78. The molecule has 0 aromatic heterocycles. The fourth-order valence-electron chi connectivity index (χ4n) is 4.43. The molecule has 1 saturated carbocycles. The average Bonchev–Trinajstić information content (AvgIpc) is 3.25. The molecule has 6 nitrogen and oxygen atoms in total. The molecule has 0 aromatic rings. The van der Waals surface area contributed by atoms with E-state index in [1.165, 1.54) is 6.42 Å². The van der Waals surface area contributed by atoms with E-state index in [0.717, 1.165) is 64.7 Å². The van der Waals surface area contributed by atoms with Gasteiger partial charge in [-0.3, -0.25) is 4.99 Å². The predicted molar refractivity (Wildman–Crippen MR) is 114 cm³/mol. The maximum absolute atomic E-state index is 5.88. The van der Waals surface area contributed by atoms with Crippen molar-refractivity contribution in [1.82, 2.24) is 10.6 Å². The molecular weight excluding hydrogens is 445 g/mol. The Morgan fingerprint density at radius 2 is 2.08 bits per heavy atom. The first-order chi connectivity index (χ1) is 12.1. The molecule has 2 heterocycles. The Balaban J connectivity index is 0.00000243. The Kier molecular flexibility index (Phi) is 8.90. The smallest absolute Gasteiger partial charge is 0.191 e. The fraction of sp³-hybridized carbons (Fsp3) is 0.947. The molecule has 4 atom stereocenters. The van der Waals surface area contributed by atoms with Crippen molar-refractivity contribution in [1.29, 1.82) is 0 Å². The highest BCUT2D eigenvalue weighted by atomic mass is 127. The van der Waals surface area contributed by atoms with Crippen molar-refractivity contribution >= 4 is 29.9 Å². The lowest BCUT2D eigenvalue weighted by molar-refractivity contribution is -0.106. The van der Waals surface area contributed by atoms with Gasteiger partial charge in [-0.2, -0.15) is 0 Å². The van der Waals surface area contributed by atoms with Crippen molar-refractivity contribution in [2.45, 2.75) is 64.7 Å². The lowest BCUT2D eigenvalue weighted by Crippen LogP contribution is -2.67. The molecular formula is C19H36IN3O3. The summed E-state index contributed by atoms with van der Waals surface area (Å²) in [6.07, 6.45) is 5.11. The van der Waals surface area contributed by atoms with E-state index in [2.05, 4.69) is 31.4 Å². The van der Waals surface area contributed by atoms with Crippen molar-refractivity contribution in [3.05, 3.63) is 0 Å². The minimum atomic E-state index is 0. The monoisotopic (exact) mass is 481 g/mol. The van der Waals surface area contributed by atoms with Gasteiger partial charge < -0.3 is 24.8 Å². The Labute approximate surface area is 175 Å². The second kappa shape index (κ2) is 10.4. The lowest BCUT2D eigenvalue weighted by atomic mass is 9.57. The van der Waals surface area contributed by atoms with Crippen LogP contribution in [0.5, 0.6) is 0 Å². The largest absolute Gasteiger partial charge is 0.379 e. The first-order valence-electron chi connectivity index (χ1n) is 9.98. The highest BCUT2D eigenvalue weighted by Gasteiger charge is 2.59. The Morgan fingerprint density at radius 1 is 1.23 bits per heavy atom. The van der Waals surface area contributed by atoms with Crippen LogP contribution >= 0.6 is 24.0 Å². The number of rotatable bonds is 8. The summed E-state index contributed by atoms with van der Waals surface area (Å²) in [6.45, 7) is 11.6. The number of nitrogens with zero attached hydrogens (tertiary/aromatic N) is 1. The number of aliphatic imine (C=N–C) groups is 1. The normalized spacial score (nSPS) is 32.5. The maximum Gasteiger partial charge on any atom is 0.191 e. The minimum Gasteiger partial charge on any atom is -0.379 e. The van der Waals surface area contributed by atoms with Crippen LogP contribution in [0.15, 0.2) is 4.99 Å². The van der Waals surface area contributed by atoms with Gasteiger partial charge in [-0.05, 0) is 32.6 Å². The number of hydrogen-bond donors (Lipinski definition) is 2. The van der Waals surface area contributed by atoms with Crippen molar-refractivity contribution < 1.29 is 14.2 Å². The highest BCUT2D eigenvalue weighted by molar-refractivity contribution is 14.0. The molecule has 7 heteroatoms. The molecule has 0 bridgehead atoms. The number of nitrogens with one attached hydrogen (secondary N) is 2. The lowest BCUT2D eigenvalue weighted by Gasteiger charge is -2.54. The van der Waals surface area contributed by atoms with Gasteiger partial charge in [0.1, 0.15) is 0 Å². The second-order valence-electron chi connectivity index (χ2n) is 8.01. The van der Waals surface area contributed by atoms with Gasteiger partial charge in [-0.1, -0.05) is 13.8 Å². The topological polar surface area (TPSA) is 64.1 Å². The molecule has 2 saturated heterocycles. The summed E-state index contributed by atoms with van der Waals surface area (Å²) >= 11 is 0. The standard InChI is InChI=1S/C19H35N3O3.HI/c1-4-20-18(21-9-6-10-23-13-14-7-5-11-24-14)22-16-15-8-12-25-17(15)19(16,2)3;/h14-17H,4-13H2,1-3H3,(H2,20,21,22);1H. The van der Waals surface area contributed by atoms with E-state index in [9.17, 15) is 0 Å². The van der Waals surface area contributed by atoms with Crippen LogP contribution in [-0.4, -0.2) is 63.7 Å². The molecule has 0 amide bonds. The number of halogens is 1. The molecule has 3 aliphatic rings. The molecule has 3 fully saturated rings. The molecule has 26 heavy (non-hydrogen) atoms. The number of ether oxygens (including phenoxy) is 3. The maximum atomic E-state index is 5.88. The third-order valence-corrected chi connectivity index (χ3v) is 5.78. The highest BCUT2D eigenvalue weighted by Crippen LogP contribution is 2.52. The SMILES string of the molecule is CCNC(=NCCCOCC1CCCO1)NC1C2CCOC2C1(C)C.I. The van der Waals surface area contributed by atoms with Gasteiger partial charge in [0, 0.05) is 50.3 Å². The van der Waals surface area contributed by atoms with Gasteiger partial charge in [0.25, 0.3) is 0 Å². The van der Waals surface area contributed by atoms with Gasteiger partial charge in [-0.15, -0.1) is 24.0 Å². The molecule has 2 aliphatic heterocycles. The quantitative estimate of drug-likeness (QED) is 0.242. The van der Waals surface area contributed by atoms with Crippen molar-refractivity contribution in [3.8, 4) is 0 Å². The molecule has 0 aromatic carbocycles. The van der Waals surface area contributed by atoms with Crippen molar-refractivity contribution in [2.75, 3.05) is 39.5 Å². The van der Waals surface area contributed by atoms with Gasteiger partial charge in [-0.25, -0.2) is 0 Å². The summed E-state index contributed by atoms with van der Waals surface area (Å²) in [7, 11) is 0. The molecule has 4 unspecified atom stereocenters. The first kappa shape index (κ1) is 22.2. The summed E-state index contributed by atoms with van der Waals surface area (Å²) in [5.74, 6) is 1.54. The Morgan fingerprint density at radius 3 is 2.81 bits per heavy atom. The molecule has 1 aliphatic carbocycles. The number of fused-ring (bicyclic) bond motifs is 1. The van der Waals surface area contributed by atoms with Gasteiger partial charge >= 0.3 is 0 Å². The van der Waals surface area contributed by atoms with Crippen LogP contribution in [0.1, 0.15) is 46.5 Å². The van der Waals surface area contributed by atoms with Crippen LogP contribution in [0.2, 0.25) is 0 Å². The summed E-state index contributed by atoms with van der Waals surface area (Å²) < 4.78 is 17.2. The van der Waals surface area contributed by atoms with Crippen LogP contribution in [0.25, 0.3) is 0 Å². The van der Waals surface area contributed by atoms with E-state index < -0.39 is 0 Å².